The first-order chi connectivity index (χ1) is 13.0. The minimum atomic E-state index is -0.0362. The molecule has 1 fully saturated rings. The van der Waals surface area contributed by atoms with Crippen molar-refractivity contribution >= 4 is 27.5 Å². The molecule has 1 N–H and O–H groups in total. The smallest absolute Gasteiger partial charge is 0.259 e. The first kappa shape index (κ1) is 18.6. The molecule has 7 heteroatoms. The molecule has 0 saturated carbocycles. The third kappa shape index (κ3) is 3.94. The van der Waals surface area contributed by atoms with E-state index < -0.39 is 0 Å². The van der Waals surface area contributed by atoms with Crippen molar-refractivity contribution in [2.75, 3.05) is 33.2 Å². The summed E-state index contributed by atoms with van der Waals surface area (Å²) >= 11 is 1.67. The van der Waals surface area contributed by atoms with Crippen molar-refractivity contribution in [2.24, 2.45) is 5.92 Å². The lowest BCUT2D eigenvalue weighted by molar-refractivity contribution is -0.131. The molecule has 27 heavy (non-hydrogen) atoms. The van der Waals surface area contributed by atoms with Crippen LogP contribution in [0.1, 0.15) is 42.5 Å². The van der Waals surface area contributed by atoms with Crippen molar-refractivity contribution < 1.29 is 4.79 Å². The molecule has 6 nitrogen and oxygen atoms in total. The van der Waals surface area contributed by atoms with Crippen LogP contribution in [0.5, 0.6) is 0 Å². The van der Waals surface area contributed by atoms with Crippen molar-refractivity contribution in [1.82, 2.24) is 19.8 Å². The number of aryl methyl sites for hydroxylation is 2. The lowest BCUT2D eigenvalue weighted by Crippen LogP contribution is -2.34. The zero-order chi connectivity index (χ0) is 19.0. The summed E-state index contributed by atoms with van der Waals surface area (Å²) in [7, 11) is 2.10. The summed E-state index contributed by atoms with van der Waals surface area (Å²) < 4.78 is 0. The highest BCUT2D eigenvalue weighted by Crippen LogP contribution is 2.35. The van der Waals surface area contributed by atoms with Crippen molar-refractivity contribution in [3.05, 3.63) is 26.6 Å². The zero-order valence-corrected chi connectivity index (χ0v) is 17.0. The Morgan fingerprint density at radius 2 is 2.15 bits per heavy atom. The number of nitrogens with zero attached hydrogens (tertiary/aromatic N) is 3. The van der Waals surface area contributed by atoms with Gasteiger partial charge in [-0.25, -0.2) is 4.98 Å². The Morgan fingerprint density at radius 3 is 3.00 bits per heavy atom. The SMILES string of the molecule is CC1CCc2c(sc3nc(CCC(=O)N4CCCN(C)CC4)[nH]c(=O)c23)C1. The quantitative estimate of drug-likeness (QED) is 0.875. The van der Waals surface area contributed by atoms with Crippen LogP contribution in [0.15, 0.2) is 4.79 Å². The molecule has 0 spiro atoms. The van der Waals surface area contributed by atoms with Crippen LogP contribution in [-0.4, -0.2) is 58.9 Å². The van der Waals surface area contributed by atoms with Gasteiger partial charge >= 0.3 is 0 Å². The molecule has 0 aromatic carbocycles. The molecule has 2 aliphatic rings. The van der Waals surface area contributed by atoms with E-state index in [0.717, 1.165) is 62.1 Å². The van der Waals surface area contributed by atoms with Gasteiger partial charge in [-0.2, -0.15) is 0 Å². The molecule has 2 aromatic heterocycles. The second-order valence-electron chi connectivity index (χ2n) is 8.08. The fourth-order valence-corrected chi connectivity index (χ4v) is 5.59. The Balaban J connectivity index is 1.48. The van der Waals surface area contributed by atoms with Gasteiger partial charge in [0.2, 0.25) is 5.91 Å². The van der Waals surface area contributed by atoms with Crippen molar-refractivity contribution in [2.45, 2.75) is 45.4 Å². The van der Waals surface area contributed by atoms with Crippen LogP contribution in [-0.2, 0) is 24.1 Å². The molecule has 1 unspecified atom stereocenters. The summed E-state index contributed by atoms with van der Waals surface area (Å²) in [5, 5.41) is 0.785. The number of carbonyl (C=O) groups excluding carboxylic acids is 1. The largest absolute Gasteiger partial charge is 0.341 e. The minimum Gasteiger partial charge on any atom is -0.341 e. The maximum absolute atomic E-state index is 12.7. The van der Waals surface area contributed by atoms with Crippen molar-refractivity contribution in [1.29, 1.82) is 0 Å². The Hall–Kier alpha value is -1.73. The summed E-state index contributed by atoms with van der Waals surface area (Å²) in [6.45, 7) is 5.84. The summed E-state index contributed by atoms with van der Waals surface area (Å²) in [5.74, 6) is 1.47. The van der Waals surface area contributed by atoms with Gasteiger partial charge in [-0.3, -0.25) is 9.59 Å². The van der Waals surface area contributed by atoms with E-state index in [0.29, 0.717) is 24.6 Å². The number of hydrogen-bond donors (Lipinski definition) is 1. The standard InChI is InChI=1S/C20H28N4O2S/c1-13-4-5-14-15(12-13)27-20-18(14)19(26)21-16(22-20)6-7-17(25)24-9-3-8-23(2)10-11-24/h13H,3-12H2,1-2H3,(H,21,22,26). The van der Waals surface area contributed by atoms with Crippen LogP contribution in [0.3, 0.4) is 0 Å². The number of aromatic nitrogens is 2. The van der Waals surface area contributed by atoms with Crippen molar-refractivity contribution in [3.8, 4) is 0 Å². The van der Waals surface area contributed by atoms with Crippen molar-refractivity contribution in [3.63, 3.8) is 0 Å². The summed E-state index contributed by atoms with van der Waals surface area (Å²) in [5.41, 5.74) is 1.17. The van der Waals surface area contributed by atoms with Gasteiger partial charge in [0.1, 0.15) is 10.7 Å². The van der Waals surface area contributed by atoms with E-state index in [9.17, 15) is 9.59 Å². The highest BCUT2D eigenvalue weighted by molar-refractivity contribution is 7.18. The number of rotatable bonds is 3. The number of nitrogens with one attached hydrogen (secondary N) is 1. The van der Waals surface area contributed by atoms with E-state index in [2.05, 4.69) is 23.9 Å². The molecule has 1 saturated heterocycles. The molecular formula is C20H28N4O2S. The van der Waals surface area contributed by atoms with Gasteiger partial charge in [0.05, 0.1) is 5.39 Å². The number of H-pyrrole nitrogens is 1. The van der Waals surface area contributed by atoms with Gasteiger partial charge < -0.3 is 14.8 Å². The van der Waals surface area contributed by atoms with Gasteiger partial charge in [-0.05, 0) is 50.8 Å². The molecule has 3 heterocycles. The fraction of sp³-hybridized carbons (Fsp3) is 0.650. The van der Waals surface area contributed by atoms with Gasteiger partial charge in [0, 0.05) is 37.4 Å². The third-order valence-corrected chi connectivity index (χ3v) is 7.01. The Bertz CT molecular complexity index is 903. The number of likely N-dealkylation sites (N-methyl/N-ethyl adjacent to an activating group) is 1. The highest BCUT2D eigenvalue weighted by atomic mass is 32.1. The highest BCUT2D eigenvalue weighted by Gasteiger charge is 2.23. The maximum atomic E-state index is 12.7. The molecule has 0 bridgehead atoms. The minimum absolute atomic E-state index is 0.0362. The molecular weight excluding hydrogens is 360 g/mol. The van der Waals surface area contributed by atoms with Gasteiger partial charge in [0.15, 0.2) is 0 Å². The third-order valence-electron chi connectivity index (χ3n) is 5.86. The van der Waals surface area contributed by atoms with Crippen LogP contribution < -0.4 is 5.56 Å². The van der Waals surface area contributed by atoms with E-state index in [1.165, 1.54) is 10.4 Å². The van der Waals surface area contributed by atoms with Gasteiger partial charge in [-0.1, -0.05) is 6.92 Å². The second kappa shape index (κ2) is 7.72. The monoisotopic (exact) mass is 388 g/mol. The molecule has 2 aromatic rings. The number of hydrogen-bond acceptors (Lipinski definition) is 5. The topological polar surface area (TPSA) is 69.3 Å². The molecule has 1 aliphatic carbocycles. The predicted octanol–water partition coefficient (Wildman–Crippen LogP) is 2.21. The molecule has 4 rings (SSSR count). The van der Waals surface area contributed by atoms with Gasteiger partial charge in [-0.15, -0.1) is 11.3 Å². The van der Waals surface area contributed by atoms with Gasteiger partial charge in [0.25, 0.3) is 5.56 Å². The average molecular weight is 389 g/mol. The first-order valence-electron chi connectivity index (χ1n) is 10.0. The maximum Gasteiger partial charge on any atom is 0.259 e. The molecule has 1 aliphatic heterocycles. The predicted molar refractivity (Wildman–Crippen MR) is 108 cm³/mol. The second-order valence-corrected chi connectivity index (χ2v) is 9.17. The Kier molecular flexibility index (Phi) is 5.32. The van der Waals surface area contributed by atoms with Crippen LogP contribution in [0, 0.1) is 5.92 Å². The van der Waals surface area contributed by atoms with E-state index >= 15 is 0 Å². The van der Waals surface area contributed by atoms with Crippen LogP contribution in [0.4, 0.5) is 0 Å². The number of carbonyl (C=O) groups is 1. The fourth-order valence-electron chi connectivity index (χ4n) is 4.19. The summed E-state index contributed by atoms with van der Waals surface area (Å²) in [4.78, 5) is 39.2. The number of thiophene rings is 1. The van der Waals surface area contributed by atoms with E-state index in [1.54, 1.807) is 11.3 Å². The van der Waals surface area contributed by atoms with Crippen LogP contribution >= 0.6 is 11.3 Å². The zero-order valence-electron chi connectivity index (χ0n) is 16.2. The van der Waals surface area contributed by atoms with E-state index in [4.69, 9.17) is 4.98 Å². The molecule has 1 amide bonds. The first-order valence-corrected chi connectivity index (χ1v) is 10.8. The summed E-state index contributed by atoms with van der Waals surface area (Å²) in [6.07, 6.45) is 5.08. The summed E-state index contributed by atoms with van der Waals surface area (Å²) in [6, 6.07) is 0. The molecule has 1 atom stereocenters. The Labute approximate surface area is 163 Å². The van der Waals surface area contributed by atoms with Crippen LogP contribution in [0.2, 0.25) is 0 Å². The molecule has 0 radical (unpaired) electrons. The van der Waals surface area contributed by atoms with E-state index in [-0.39, 0.29) is 11.5 Å². The number of aromatic amines is 1. The average Bonchev–Trinajstić information content (AvgIpc) is 2.85. The number of fused-ring (bicyclic) bond motifs is 3. The lowest BCUT2D eigenvalue weighted by atomic mass is 9.89. The number of amides is 1. The van der Waals surface area contributed by atoms with Crippen LogP contribution in [0.25, 0.3) is 10.2 Å². The van der Waals surface area contributed by atoms with E-state index in [1.807, 2.05) is 4.90 Å². The Morgan fingerprint density at radius 1 is 1.30 bits per heavy atom. The molecule has 146 valence electrons. The normalized spacial score (nSPS) is 21.3. The lowest BCUT2D eigenvalue weighted by Gasteiger charge is -2.20.